The van der Waals surface area contributed by atoms with Gasteiger partial charge in [0.05, 0.1) is 34.0 Å². The summed E-state index contributed by atoms with van der Waals surface area (Å²) < 4.78 is 20.4. The molecular formula is C17H20O6. The zero-order valence-electron chi connectivity index (χ0n) is 13.8. The van der Waals surface area contributed by atoms with Gasteiger partial charge in [0.1, 0.15) is 22.8 Å². The normalized spacial score (nSPS) is 11.3. The third-order valence-corrected chi connectivity index (χ3v) is 3.03. The second-order valence-corrected chi connectivity index (χ2v) is 4.36. The van der Waals surface area contributed by atoms with Gasteiger partial charge in [0.2, 0.25) is 0 Å². The highest BCUT2D eigenvalue weighted by molar-refractivity contribution is 6.24. The molecule has 0 bridgehead atoms. The van der Waals surface area contributed by atoms with Crippen LogP contribution in [0, 0.1) is 0 Å². The quantitative estimate of drug-likeness (QED) is 0.332. The van der Waals surface area contributed by atoms with E-state index in [1.165, 1.54) is 40.6 Å². The molecule has 0 unspecified atom stereocenters. The maximum absolute atomic E-state index is 12.1. The second kappa shape index (κ2) is 8.63. The van der Waals surface area contributed by atoms with Crippen LogP contribution in [0.25, 0.3) is 6.08 Å². The molecule has 0 saturated carbocycles. The molecule has 124 valence electrons. The van der Waals surface area contributed by atoms with Crippen LogP contribution in [-0.2, 0) is 14.3 Å². The highest BCUT2D eigenvalue weighted by Gasteiger charge is 2.20. The summed E-state index contributed by atoms with van der Waals surface area (Å²) in [6, 6.07) is 3.26. The lowest BCUT2D eigenvalue weighted by Gasteiger charge is -2.13. The Balaban J connectivity index is 3.57. The summed E-state index contributed by atoms with van der Waals surface area (Å²) in [5.41, 5.74) is 0.307. The van der Waals surface area contributed by atoms with Gasteiger partial charge in [0.25, 0.3) is 0 Å². The number of hydrogen-bond acceptors (Lipinski definition) is 6. The number of ether oxygens (including phenoxy) is 4. The summed E-state index contributed by atoms with van der Waals surface area (Å²) in [6.07, 6.45) is 4.21. The van der Waals surface area contributed by atoms with E-state index >= 15 is 0 Å². The summed E-state index contributed by atoms with van der Waals surface area (Å²) in [4.78, 5) is 24.0. The van der Waals surface area contributed by atoms with Crippen LogP contribution < -0.4 is 14.2 Å². The molecule has 1 aromatic rings. The van der Waals surface area contributed by atoms with E-state index in [0.29, 0.717) is 22.8 Å². The van der Waals surface area contributed by atoms with Crippen LogP contribution in [0.15, 0.2) is 29.9 Å². The Bertz CT molecular complexity index is 617. The van der Waals surface area contributed by atoms with Gasteiger partial charge in [0, 0.05) is 12.1 Å². The van der Waals surface area contributed by atoms with E-state index in [9.17, 15) is 9.59 Å². The first-order chi connectivity index (χ1) is 11.0. The fourth-order valence-corrected chi connectivity index (χ4v) is 1.90. The monoisotopic (exact) mass is 320 g/mol. The van der Waals surface area contributed by atoms with E-state index < -0.39 is 11.8 Å². The molecule has 0 radical (unpaired) electrons. The molecule has 0 aliphatic carbocycles. The van der Waals surface area contributed by atoms with E-state index in [-0.39, 0.29) is 5.57 Å². The van der Waals surface area contributed by atoms with Crippen molar-refractivity contribution in [3.63, 3.8) is 0 Å². The molecular weight excluding hydrogens is 300 g/mol. The zero-order chi connectivity index (χ0) is 17.4. The molecule has 1 aromatic carbocycles. The molecule has 0 spiro atoms. The number of hydrogen-bond donors (Lipinski definition) is 0. The molecule has 1 rings (SSSR count). The molecule has 0 aliphatic heterocycles. The van der Waals surface area contributed by atoms with Crippen molar-refractivity contribution < 1.29 is 28.5 Å². The minimum atomic E-state index is -0.743. The Kier molecular flexibility index (Phi) is 6.86. The van der Waals surface area contributed by atoms with Crippen molar-refractivity contribution in [2.75, 3.05) is 28.4 Å². The SMILES string of the molecule is C/C=C/C(=O)/C(=C\c1c(OC)cc(OC)cc1OC)C(=O)OC. The molecule has 0 atom stereocenters. The molecule has 0 fully saturated rings. The van der Waals surface area contributed by atoms with Crippen molar-refractivity contribution in [3.8, 4) is 17.2 Å². The molecule has 0 aromatic heterocycles. The lowest BCUT2D eigenvalue weighted by molar-refractivity contribution is -0.137. The largest absolute Gasteiger partial charge is 0.496 e. The summed E-state index contributed by atoms with van der Waals surface area (Å²) >= 11 is 0. The number of ketones is 1. The molecule has 0 N–H and O–H groups in total. The number of allylic oxidation sites excluding steroid dienone is 2. The van der Waals surface area contributed by atoms with E-state index in [1.54, 1.807) is 25.1 Å². The Labute approximate surface area is 135 Å². The number of carbonyl (C=O) groups excluding carboxylic acids is 2. The fraction of sp³-hybridized carbons (Fsp3) is 0.294. The van der Waals surface area contributed by atoms with Gasteiger partial charge in [-0.2, -0.15) is 0 Å². The number of esters is 1. The molecule has 23 heavy (non-hydrogen) atoms. The third kappa shape index (κ3) is 4.35. The fourth-order valence-electron chi connectivity index (χ4n) is 1.90. The van der Waals surface area contributed by atoms with Gasteiger partial charge in [-0.05, 0) is 19.1 Å². The van der Waals surface area contributed by atoms with Gasteiger partial charge in [-0.3, -0.25) is 4.79 Å². The van der Waals surface area contributed by atoms with Gasteiger partial charge < -0.3 is 18.9 Å². The van der Waals surface area contributed by atoms with Crippen LogP contribution in [0.2, 0.25) is 0 Å². The zero-order valence-corrected chi connectivity index (χ0v) is 13.8. The first-order valence-electron chi connectivity index (χ1n) is 6.79. The van der Waals surface area contributed by atoms with Crippen LogP contribution in [0.1, 0.15) is 12.5 Å². The summed E-state index contributed by atoms with van der Waals surface area (Å²) in [7, 11) is 5.66. The van der Waals surface area contributed by atoms with Crippen molar-refractivity contribution in [2.45, 2.75) is 6.92 Å². The predicted molar refractivity (Wildman–Crippen MR) is 85.9 cm³/mol. The van der Waals surface area contributed by atoms with Crippen molar-refractivity contribution in [2.24, 2.45) is 0 Å². The van der Waals surface area contributed by atoms with Crippen molar-refractivity contribution in [1.82, 2.24) is 0 Å². The van der Waals surface area contributed by atoms with Crippen LogP contribution in [0.3, 0.4) is 0 Å². The summed E-state index contributed by atoms with van der Waals surface area (Å²) in [6.45, 7) is 1.68. The minimum absolute atomic E-state index is 0.132. The Morgan fingerprint density at radius 3 is 1.91 bits per heavy atom. The highest BCUT2D eigenvalue weighted by Crippen LogP contribution is 2.35. The number of methoxy groups -OCH3 is 4. The standard InChI is InChI=1S/C17H20O6/c1-6-7-14(18)12(17(19)23-5)10-13-15(21-3)8-11(20-2)9-16(13)22-4/h6-10H,1-5H3/b7-6+,12-10+. The molecule has 0 heterocycles. The number of benzene rings is 1. The maximum Gasteiger partial charge on any atom is 0.341 e. The average molecular weight is 320 g/mol. The van der Waals surface area contributed by atoms with Gasteiger partial charge in [-0.25, -0.2) is 4.79 Å². The highest BCUT2D eigenvalue weighted by atomic mass is 16.5. The van der Waals surface area contributed by atoms with E-state index in [2.05, 4.69) is 4.74 Å². The number of rotatable bonds is 7. The average Bonchev–Trinajstić information content (AvgIpc) is 2.58. The lowest BCUT2D eigenvalue weighted by atomic mass is 10.0. The van der Waals surface area contributed by atoms with Crippen LogP contribution in [0.4, 0.5) is 0 Å². The second-order valence-electron chi connectivity index (χ2n) is 4.36. The van der Waals surface area contributed by atoms with Gasteiger partial charge >= 0.3 is 5.97 Å². The predicted octanol–water partition coefficient (Wildman–Crippen LogP) is 2.41. The van der Waals surface area contributed by atoms with Gasteiger partial charge in [-0.1, -0.05) is 6.08 Å². The van der Waals surface area contributed by atoms with Crippen molar-refractivity contribution >= 4 is 17.8 Å². The topological polar surface area (TPSA) is 71.1 Å². The van der Waals surface area contributed by atoms with Crippen molar-refractivity contribution in [1.29, 1.82) is 0 Å². The van der Waals surface area contributed by atoms with Gasteiger partial charge in [-0.15, -0.1) is 0 Å². The Hall–Kier alpha value is -2.76. The van der Waals surface area contributed by atoms with Crippen LogP contribution >= 0.6 is 0 Å². The van der Waals surface area contributed by atoms with E-state index in [4.69, 9.17) is 14.2 Å². The first-order valence-corrected chi connectivity index (χ1v) is 6.79. The van der Waals surface area contributed by atoms with Crippen molar-refractivity contribution in [3.05, 3.63) is 35.4 Å². The Morgan fingerprint density at radius 1 is 0.957 bits per heavy atom. The minimum Gasteiger partial charge on any atom is -0.496 e. The summed E-state index contributed by atoms with van der Waals surface area (Å²) in [5.74, 6) is 0.106. The number of carbonyl (C=O) groups is 2. The Morgan fingerprint density at radius 2 is 1.52 bits per heavy atom. The third-order valence-electron chi connectivity index (χ3n) is 3.03. The summed E-state index contributed by atoms with van der Waals surface area (Å²) in [5, 5.41) is 0. The van der Waals surface area contributed by atoms with Crippen LogP contribution in [0.5, 0.6) is 17.2 Å². The molecule has 0 amide bonds. The smallest absolute Gasteiger partial charge is 0.341 e. The van der Waals surface area contributed by atoms with Gasteiger partial charge in [0.15, 0.2) is 5.78 Å². The van der Waals surface area contributed by atoms with Crippen LogP contribution in [-0.4, -0.2) is 40.2 Å². The van der Waals surface area contributed by atoms with E-state index in [0.717, 1.165) is 0 Å². The maximum atomic E-state index is 12.1. The molecule has 0 saturated heterocycles. The molecule has 6 heteroatoms. The molecule has 0 aliphatic rings. The lowest BCUT2D eigenvalue weighted by Crippen LogP contribution is -2.12. The van der Waals surface area contributed by atoms with E-state index in [1.807, 2.05) is 0 Å². The molecule has 6 nitrogen and oxygen atoms in total. The first kappa shape index (κ1) is 18.3.